The normalized spacial score (nSPS) is 14.3. The van der Waals surface area contributed by atoms with E-state index in [9.17, 15) is 0 Å². The van der Waals surface area contributed by atoms with Crippen molar-refractivity contribution >= 4 is 11.6 Å². The van der Waals surface area contributed by atoms with E-state index < -0.39 is 5.54 Å². The molecule has 2 rings (SSSR count). The Bertz CT molecular complexity index is 597. The van der Waals surface area contributed by atoms with Gasteiger partial charge in [-0.3, -0.25) is 4.68 Å². The average Bonchev–Trinajstić information content (AvgIpc) is 2.66. The van der Waals surface area contributed by atoms with Crippen molar-refractivity contribution in [1.29, 1.82) is 0 Å². The maximum Gasteiger partial charge on any atom is 0.0847 e. The molecule has 1 unspecified atom stereocenters. The smallest absolute Gasteiger partial charge is 0.0847 e. The van der Waals surface area contributed by atoms with Gasteiger partial charge in [-0.05, 0) is 33.3 Å². The molecule has 0 aliphatic carbocycles. The van der Waals surface area contributed by atoms with Crippen LogP contribution in [0, 0.1) is 13.8 Å². The van der Waals surface area contributed by atoms with Crippen molar-refractivity contribution in [2.75, 3.05) is 0 Å². The van der Waals surface area contributed by atoms with Crippen LogP contribution in [0.5, 0.6) is 0 Å². The maximum atomic E-state index is 6.52. The summed E-state index contributed by atoms with van der Waals surface area (Å²) in [6, 6.07) is 8.35. The van der Waals surface area contributed by atoms with E-state index in [1.807, 2.05) is 18.5 Å². The number of nitrogens with zero attached hydrogens (tertiary/aromatic N) is 2. The van der Waals surface area contributed by atoms with Crippen molar-refractivity contribution < 1.29 is 0 Å². The van der Waals surface area contributed by atoms with Crippen LogP contribution in [-0.2, 0) is 18.5 Å². The van der Waals surface area contributed by atoms with E-state index in [1.165, 1.54) is 5.56 Å². The summed E-state index contributed by atoms with van der Waals surface area (Å²) >= 11 is 6.37. The molecule has 1 atom stereocenters. The van der Waals surface area contributed by atoms with Gasteiger partial charge in [0.25, 0.3) is 0 Å². The van der Waals surface area contributed by atoms with Gasteiger partial charge in [0.1, 0.15) is 0 Å². The first-order valence-electron chi connectivity index (χ1n) is 6.93. The fourth-order valence-electron chi connectivity index (χ4n) is 2.42. The first-order chi connectivity index (χ1) is 9.35. The first kappa shape index (κ1) is 15.1. The van der Waals surface area contributed by atoms with Gasteiger partial charge in [-0.1, -0.05) is 41.4 Å². The van der Waals surface area contributed by atoms with Crippen LogP contribution < -0.4 is 5.73 Å². The van der Waals surface area contributed by atoms with Crippen molar-refractivity contribution in [3.8, 4) is 0 Å². The Kier molecular flexibility index (Phi) is 4.21. The topological polar surface area (TPSA) is 43.8 Å². The predicted molar refractivity (Wildman–Crippen MR) is 84.1 cm³/mol. The molecule has 2 N–H and O–H groups in total. The van der Waals surface area contributed by atoms with Crippen LogP contribution in [0.15, 0.2) is 24.3 Å². The third kappa shape index (κ3) is 2.89. The predicted octanol–water partition coefficient (Wildman–Crippen LogP) is 3.59. The summed E-state index contributed by atoms with van der Waals surface area (Å²) in [7, 11) is 0. The zero-order valence-electron chi connectivity index (χ0n) is 12.6. The molecule has 0 radical (unpaired) electrons. The van der Waals surface area contributed by atoms with Gasteiger partial charge in [-0.25, -0.2) is 0 Å². The molecule has 0 saturated carbocycles. The minimum Gasteiger partial charge on any atom is -0.321 e. The monoisotopic (exact) mass is 291 g/mol. The highest BCUT2D eigenvalue weighted by Gasteiger charge is 2.26. The summed E-state index contributed by atoms with van der Waals surface area (Å²) in [6.07, 6.45) is 0.670. The van der Waals surface area contributed by atoms with Crippen LogP contribution in [0.25, 0.3) is 0 Å². The molecule has 0 fully saturated rings. The molecule has 20 heavy (non-hydrogen) atoms. The fraction of sp³-hybridized carbons (Fsp3) is 0.438. The first-order valence-corrected chi connectivity index (χ1v) is 7.30. The van der Waals surface area contributed by atoms with Crippen LogP contribution in [0.1, 0.15) is 36.4 Å². The zero-order chi connectivity index (χ0) is 14.9. The number of hydrogen-bond acceptors (Lipinski definition) is 2. The summed E-state index contributed by atoms with van der Waals surface area (Å²) in [5.41, 5.74) is 10.3. The number of aryl methyl sites for hydroxylation is 3. The maximum absolute atomic E-state index is 6.52. The Morgan fingerprint density at radius 2 is 1.85 bits per heavy atom. The van der Waals surface area contributed by atoms with E-state index in [1.54, 1.807) is 0 Å². The Labute approximate surface area is 125 Å². The quantitative estimate of drug-likeness (QED) is 0.935. The molecule has 108 valence electrons. The van der Waals surface area contributed by atoms with E-state index in [0.29, 0.717) is 6.42 Å². The highest BCUT2D eigenvalue weighted by Crippen LogP contribution is 2.28. The van der Waals surface area contributed by atoms with Crippen LogP contribution in [0.3, 0.4) is 0 Å². The molecule has 0 saturated heterocycles. The molecule has 1 aromatic carbocycles. The molecule has 0 aliphatic rings. The third-order valence-corrected chi connectivity index (χ3v) is 4.19. The summed E-state index contributed by atoms with van der Waals surface area (Å²) in [6.45, 7) is 8.90. The van der Waals surface area contributed by atoms with Gasteiger partial charge < -0.3 is 5.73 Å². The van der Waals surface area contributed by atoms with E-state index in [-0.39, 0.29) is 0 Å². The van der Waals surface area contributed by atoms with Gasteiger partial charge in [0.05, 0.1) is 16.4 Å². The summed E-state index contributed by atoms with van der Waals surface area (Å²) in [5.74, 6) is 0. The van der Waals surface area contributed by atoms with Gasteiger partial charge in [-0.15, -0.1) is 0 Å². The second-order valence-electron chi connectivity index (χ2n) is 5.62. The molecule has 1 heterocycles. The average molecular weight is 292 g/mol. The van der Waals surface area contributed by atoms with E-state index in [2.05, 4.69) is 43.2 Å². The number of halogens is 1. The lowest BCUT2D eigenvalue weighted by Crippen LogP contribution is -2.36. The van der Waals surface area contributed by atoms with Gasteiger partial charge >= 0.3 is 0 Å². The Morgan fingerprint density at radius 1 is 1.25 bits per heavy atom. The minimum atomic E-state index is -0.462. The van der Waals surface area contributed by atoms with Gasteiger partial charge in [0.15, 0.2) is 0 Å². The highest BCUT2D eigenvalue weighted by molar-refractivity contribution is 6.31. The molecule has 1 aromatic heterocycles. The van der Waals surface area contributed by atoms with Crippen LogP contribution in [-0.4, -0.2) is 9.78 Å². The van der Waals surface area contributed by atoms with Crippen molar-refractivity contribution in [2.45, 2.75) is 46.2 Å². The summed E-state index contributed by atoms with van der Waals surface area (Å²) in [4.78, 5) is 0. The SMILES string of the molecule is CCn1nc(C)c(Cl)c1CC(C)(N)c1ccc(C)cc1. The molecule has 0 amide bonds. The van der Waals surface area contributed by atoms with Gasteiger partial charge in [0, 0.05) is 18.5 Å². The van der Waals surface area contributed by atoms with Crippen LogP contribution in [0.4, 0.5) is 0 Å². The van der Waals surface area contributed by atoms with Crippen LogP contribution in [0.2, 0.25) is 5.02 Å². The minimum absolute atomic E-state index is 0.462. The standard InChI is InChI=1S/C16H22ClN3/c1-5-20-14(15(17)12(3)19-20)10-16(4,18)13-8-6-11(2)7-9-13/h6-9H,5,10,18H2,1-4H3. The van der Waals surface area contributed by atoms with Crippen molar-refractivity contribution in [1.82, 2.24) is 9.78 Å². The molecule has 4 heteroatoms. The number of aromatic nitrogens is 2. The van der Waals surface area contributed by atoms with Crippen molar-refractivity contribution in [3.63, 3.8) is 0 Å². The summed E-state index contributed by atoms with van der Waals surface area (Å²) < 4.78 is 1.94. The lowest BCUT2D eigenvalue weighted by Gasteiger charge is -2.26. The Morgan fingerprint density at radius 3 is 2.40 bits per heavy atom. The lowest BCUT2D eigenvalue weighted by atomic mass is 9.88. The fourth-order valence-corrected chi connectivity index (χ4v) is 2.62. The largest absolute Gasteiger partial charge is 0.321 e. The van der Waals surface area contributed by atoms with E-state index in [0.717, 1.165) is 28.5 Å². The van der Waals surface area contributed by atoms with Crippen molar-refractivity contribution in [2.24, 2.45) is 5.73 Å². The molecular weight excluding hydrogens is 270 g/mol. The second-order valence-corrected chi connectivity index (χ2v) is 6.00. The molecule has 3 nitrogen and oxygen atoms in total. The molecule has 0 bridgehead atoms. The molecule has 2 aromatic rings. The van der Waals surface area contributed by atoms with Crippen molar-refractivity contribution in [3.05, 3.63) is 51.8 Å². The lowest BCUT2D eigenvalue weighted by molar-refractivity contribution is 0.464. The second kappa shape index (κ2) is 5.58. The number of benzene rings is 1. The third-order valence-electron chi connectivity index (χ3n) is 3.70. The van der Waals surface area contributed by atoms with E-state index >= 15 is 0 Å². The Balaban J connectivity index is 2.35. The number of rotatable bonds is 4. The molecular formula is C16H22ClN3. The highest BCUT2D eigenvalue weighted by atomic mass is 35.5. The van der Waals surface area contributed by atoms with Crippen LogP contribution >= 0.6 is 11.6 Å². The molecule has 0 aliphatic heterocycles. The number of nitrogens with two attached hydrogens (primary N) is 1. The van der Waals surface area contributed by atoms with Gasteiger partial charge in [0.2, 0.25) is 0 Å². The summed E-state index contributed by atoms with van der Waals surface area (Å²) in [5, 5.41) is 5.18. The molecule has 0 spiro atoms. The van der Waals surface area contributed by atoms with E-state index in [4.69, 9.17) is 17.3 Å². The number of hydrogen-bond donors (Lipinski definition) is 1. The van der Waals surface area contributed by atoms with Gasteiger partial charge in [-0.2, -0.15) is 5.10 Å². The Hall–Kier alpha value is -1.32. The zero-order valence-corrected chi connectivity index (χ0v) is 13.3.